The quantitative estimate of drug-likeness (QED) is 0.576. The molecule has 1 saturated carbocycles. The highest BCUT2D eigenvalue weighted by molar-refractivity contribution is 5.51. The van der Waals surface area contributed by atoms with Crippen LogP contribution in [-0.4, -0.2) is 10.7 Å². The third-order valence-corrected chi connectivity index (χ3v) is 2.75. The fourth-order valence-electron chi connectivity index (χ4n) is 1.39. The zero-order valence-corrected chi connectivity index (χ0v) is 10.9. The van der Waals surface area contributed by atoms with Crippen LogP contribution in [0.15, 0.2) is 18.2 Å². The Labute approximate surface area is 104 Å². The molecule has 0 unspecified atom stereocenters. The topological polar surface area (TPSA) is 46.2 Å². The molecule has 1 aliphatic carbocycles. The van der Waals surface area contributed by atoms with Gasteiger partial charge in [-0.25, -0.2) is 0 Å². The van der Waals surface area contributed by atoms with Crippen molar-refractivity contribution in [2.75, 3.05) is 5.73 Å². The third-order valence-electron chi connectivity index (χ3n) is 2.75. The predicted molar refractivity (Wildman–Crippen MR) is 72.6 cm³/mol. The van der Waals surface area contributed by atoms with Crippen LogP contribution in [0.2, 0.25) is 0 Å². The van der Waals surface area contributed by atoms with E-state index in [2.05, 4.69) is 11.8 Å². The first-order valence-electron chi connectivity index (χ1n) is 6.16. The van der Waals surface area contributed by atoms with Gasteiger partial charge >= 0.3 is 0 Å². The summed E-state index contributed by atoms with van der Waals surface area (Å²) < 4.78 is 0. The third kappa shape index (κ3) is 4.13. The van der Waals surface area contributed by atoms with E-state index in [0.717, 1.165) is 29.7 Å². The number of benzene rings is 1. The maximum absolute atomic E-state index is 9.58. The molecule has 1 aliphatic rings. The molecule has 0 bridgehead atoms. The van der Waals surface area contributed by atoms with E-state index in [1.807, 2.05) is 39.0 Å². The van der Waals surface area contributed by atoms with Crippen LogP contribution in [-0.2, 0) is 0 Å². The lowest BCUT2D eigenvalue weighted by Gasteiger charge is -2.00. The van der Waals surface area contributed by atoms with Gasteiger partial charge in [-0.2, -0.15) is 0 Å². The van der Waals surface area contributed by atoms with Gasteiger partial charge in [0.05, 0.1) is 5.60 Å². The minimum Gasteiger partial charge on any atom is -0.399 e. The van der Waals surface area contributed by atoms with Crippen molar-refractivity contribution in [1.29, 1.82) is 0 Å². The molecule has 2 nitrogen and oxygen atoms in total. The van der Waals surface area contributed by atoms with Crippen molar-refractivity contribution in [3.8, 4) is 11.8 Å². The average Bonchev–Trinajstić information content (AvgIpc) is 3.05. The highest BCUT2D eigenvalue weighted by Crippen LogP contribution is 2.37. The molecule has 1 aromatic rings. The first kappa shape index (κ1) is 13.6. The van der Waals surface area contributed by atoms with E-state index in [4.69, 9.17) is 5.73 Å². The van der Waals surface area contributed by atoms with Crippen LogP contribution in [0.5, 0.6) is 0 Å². The second kappa shape index (κ2) is 5.75. The largest absolute Gasteiger partial charge is 0.399 e. The molecule has 2 heteroatoms. The Morgan fingerprint density at radius 3 is 2.53 bits per heavy atom. The van der Waals surface area contributed by atoms with Crippen molar-refractivity contribution in [1.82, 2.24) is 0 Å². The molecule has 0 saturated heterocycles. The van der Waals surface area contributed by atoms with Crippen molar-refractivity contribution in [3.05, 3.63) is 29.3 Å². The van der Waals surface area contributed by atoms with Crippen LogP contribution in [0, 0.1) is 18.8 Å². The Bertz CT molecular complexity index is 436. The highest BCUT2D eigenvalue weighted by atomic mass is 16.3. The molecule has 0 atom stereocenters. The number of anilines is 1. The Hall–Kier alpha value is -1.46. The molecule has 0 aromatic heterocycles. The molecule has 1 fully saturated rings. The van der Waals surface area contributed by atoms with Crippen LogP contribution in [0.3, 0.4) is 0 Å². The monoisotopic (exact) mass is 231 g/mol. The van der Waals surface area contributed by atoms with E-state index in [1.165, 1.54) is 0 Å². The van der Waals surface area contributed by atoms with Gasteiger partial charge in [-0.05, 0) is 43.5 Å². The van der Waals surface area contributed by atoms with E-state index >= 15 is 0 Å². The molecule has 92 valence electrons. The van der Waals surface area contributed by atoms with Gasteiger partial charge in [-0.1, -0.05) is 25.7 Å². The van der Waals surface area contributed by atoms with Crippen molar-refractivity contribution < 1.29 is 5.11 Å². The van der Waals surface area contributed by atoms with Crippen LogP contribution in [0.1, 0.15) is 44.2 Å². The molecule has 0 amide bonds. The second-order valence-electron chi connectivity index (χ2n) is 4.27. The van der Waals surface area contributed by atoms with Crippen molar-refractivity contribution in [3.63, 3.8) is 0 Å². The molecule has 2 rings (SSSR count). The summed E-state index contributed by atoms with van der Waals surface area (Å²) in [5.74, 6) is 6.05. The molecular weight excluding hydrogens is 210 g/mol. The molecule has 17 heavy (non-hydrogen) atoms. The van der Waals surface area contributed by atoms with Gasteiger partial charge in [0.15, 0.2) is 0 Å². The number of hydrogen-bond acceptors (Lipinski definition) is 2. The standard InChI is InChI=1S/C13H15NO.C2H6/c1-10-9-11(4-5-12(10)14)3-2-6-13(15)7-8-13;1-2/h4-5,9,15H,6-8,14H2,1H3;1-2H3. The molecular formula is C15H21NO. The van der Waals surface area contributed by atoms with Gasteiger partial charge in [-0.15, -0.1) is 0 Å². The van der Waals surface area contributed by atoms with Crippen molar-refractivity contribution in [2.24, 2.45) is 0 Å². The second-order valence-corrected chi connectivity index (χ2v) is 4.27. The van der Waals surface area contributed by atoms with Crippen LogP contribution in [0.25, 0.3) is 0 Å². The van der Waals surface area contributed by atoms with E-state index in [1.54, 1.807) is 0 Å². The van der Waals surface area contributed by atoms with Gasteiger partial charge in [0, 0.05) is 17.7 Å². The Morgan fingerprint density at radius 1 is 1.35 bits per heavy atom. The van der Waals surface area contributed by atoms with Gasteiger partial charge in [-0.3, -0.25) is 0 Å². The van der Waals surface area contributed by atoms with Gasteiger partial charge in [0.1, 0.15) is 0 Å². The van der Waals surface area contributed by atoms with E-state index in [9.17, 15) is 5.11 Å². The summed E-state index contributed by atoms with van der Waals surface area (Å²) in [6, 6.07) is 5.75. The van der Waals surface area contributed by atoms with Crippen molar-refractivity contribution in [2.45, 2.75) is 45.6 Å². The summed E-state index contributed by atoms with van der Waals surface area (Å²) >= 11 is 0. The molecule has 0 heterocycles. The van der Waals surface area contributed by atoms with Gasteiger partial charge in [0.25, 0.3) is 0 Å². The van der Waals surface area contributed by atoms with Gasteiger partial charge < -0.3 is 10.8 Å². The Kier molecular flexibility index (Phi) is 4.60. The number of aliphatic hydroxyl groups is 1. The zero-order valence-electron chi connectivity index (χ0n) is 10.9. The van der Waals surface area contributed by atoms with Gasteiger partial charge in [0.2, 0.25) is 0 Å². The number of aryl methyl sites for hydroxylation is 1. The first-order valence-corrected chi connectivity index (χ1v) is 6.16. The number of rotatable bonds is 1. The number of hydrogen-bond donors (Lipinski definition) is 2. The summed E-state index contributed by atoms with van der Waals surface area (Å²) in [5.41, 5.74) is 8.04. The normalized spacial score (nSPS) is 15.1. The number of nitrogen functional groups attached to an aromatic ring is 1. The smallest absolute Gasteiger partial charge is 0.0758 e. The molecule has 0 aliphatic heterocycles. The van der Waals surface area contributed by atoms with Crippen LogP contribution < -0.4 is 5.73 Å². The minimum atomic E-state index is -0.476. The molecule has 0 spiro atoms. The molecule has 0 radical (unpaired) electrons. The lowest BCUT2D eigenvalue weighted by Crippen LogP contribution is -2.03. The lowest BCUT2D eigenvalue weighted by atomic mass is 10.1. The summed E-state index contributed by atoms with van der Waals surface area (Å²) in [4.78, 5) is 0. The Morgan fingerprint density at radius 2 is 2.00 bits per heavy atom. The van der Waals surface area contributed by atoms with Crippen LogP contribution >= 0.6 is 0 Å². The fraction of sp³-hybridized carbons (Fsp3) is 0.467. The minimum absolute atomic E-state index is 0.476. The fourth-order valence-corrected chi connectivity index (χ4v) is 1.39. The number of nitrogens with two attached hydrogens (primary N) is 1. The summed E-state index contributed by atoms with van der Waals surface area (Å²) in [6.07, 6.45) is 2.36. The zero-order chi connectivity index (χ0) is 12.9. The Balaban J connectivity index is 0.000000686. The first-order chi connectivity index (χ1) is 8.09. The molecule has 3 N–H and O–H groups in total. The van der Waals surface area contributed by atoms with E-state index in [0.29, 0.717) is 6.42 Å². The van der Waals surface area contributed by atoms with E-state index in [-0.39, 0.29) is 0 Å². The maximum Gasteiger partial charge on any atom is 0.0758 e. The SMILES string of the molecule is CC.Cc1cc(C#CCC2(O)CC2)ccc1N. The van der Waals surface area contributed by atoms with Crippen LogP contribution in [0.4, 0.5) is 5.69 Å². The van der Waals surface area contributed by atoms with E-state index < -0.39 is 5.60 Å². The van der Waals surface area contributed by atoms with Crippen molar-refractivity contribution >= 4 is 5.69 Å². The summed E-state index contributed by atoms with van der Waals surface area (Å²) in [6.45, 7) is 5.97. The highest BCUT2D eigenvalue weighted by Gasteiger charge is 2.39. The molecule has 1 aromatic carbocycles. The predicted octanol–water partition coefficient (Wildman–Crippen LogP) is 2.87. The average molecular weight is 231 g/mol. The summed E-state index contributed by atoms with van der Waals surface area (Å²) in [5, 5.41) is 9.58. The maximum atomic E-state index is 9.58. The summed E-state index contributed by atoms with van der Waals surface area (Å²) in [7, 11) is 0. The lowest BCUT2D eigenvalue weighted by molar-refractivity contribution is 0.156.